The summed E-state index contributed by atoms with van der Waals surface area (Å²) in [7, 11) is 0. The van der Waals surface area contributed by atoms with Crippen LogP contribution in [0.25, 0.3) is 0 Å². The van der Waals surface area contributed by atoms with Crippen LogP contribution in [-0.4, -0.2) is 35.4 Å². The summed E-state index contributed by atoms with van der Waals surface area (Å²) in [6.45, 7) is 2.54. The number of nitrogens with zero attached hydrogens (tertiary/aromatic N) is 2. The van der Waals surface area contributed by atoms with E-state index in [1.165, 1.54) is 29.9 Å². The highest BCUT2D eigenvalue weighted by atomic mass is 16.3. The second-order valence-corrected chi connectivity index (χ2v) is 5.98. The first-order valence-electron chi connectivity index (χ1n) is 7.42. The summed E-state index contributed by atoms with van der Waals surface area (Å²) < 4.78 is 0. The fraction of sp³-hybridized carbons (Fsp3) is 0.562. The predicted molar refractivity (Wildman–Crippen MR) is 75.7 cm³/mol. The monoisotopic (exact) mass is 256 g/mol. The lowest BCUT2D eigenvalue weighted by molar-refractivity contribution is 0.148. The Balaban J connectivity index is 1.81. The second-order valence-electron chi connectivity index (χ2n) is 5.98. The Morgan fingerprint density at radius 3 is 3.11 bits per heavy atom. The molecular weight excluding hydrogens is 236 g/mol. The molecule has 19 heavy (non-hydrogen) atoms. The lowest BCUT2D eigenvalue weighted by Gasteiger charge is -2.42. The zero-order valence-electron chi connectivity index (χ0n) is 11.1. The maximum Gasteiger partial charge on any atom is 0.0643 e. The van der Waals surface area contributed by atoms with Gasteiger partial charge >= 0.3 is 0 Å². The molecule has 0 aromatic carbocycles. The quantitative estimate of drug-likeness (QED) is 0.780. The van der Waals surface area contributed by atoms with Gasteiger partial charge in [0, 0.05) is 42.3 Å². The summed E-state index contributed by atoms with van der Waals surface area (Å²) >= 11 is 0. The molecule has 3 heteroatoms. The van der Waals surface area contributed by atoms with Gasteiger partial charge in [-0.1, -0.05) is 18.2 Å². The standard InChI is InChI=1S/C16H20N2O/c19-10-11-4-3-8-18-9-7-13-12-5-1-2-6-14(12)17-15(13)16(11)18/h1-2,5-6,11-13,19H,3-4,7-10H2. The van der Waals surface area contributed by atoms with Crippen LogP contribution < -0.4 is 0 Å². The first-order valence-corrected chi connectivity index (χ1v) is 7.42. The van der Waals surface area contributed by atoms with Gasteiger partial charge in [-0.05, 0) is 25.3 Å². The van der Waals surface area contributed by atoms with Crippen LogP contribution in [0.1, 0.15) is 19.3 Å². The van der Waals surface area contributed by atoms with E-state index in [0.717, 1.165) is 19.5 Å². The Morgan fingerprint density at radius 2 is 2.21 bits per heavy atom. The summed E-state index contributed by atoms with van der Waals surface area (Å²) in [5.74, 6) is 1.34. The molecule has 0 bridgehead atoms. The molecule has 0 radical (unpaired) electrons. The third-order valence-corrected chi connectivity index (χ3v) is 4.97. The van der Waals surface area contributed by atoms with E-state index in [4.69, 9.17) is 4.99 Å². The number of allylic oxidation sites excluding steroid dienone is 5. The van der Waals surface area contributed by atoms with Gasteiger partial charge < -0.3 is 10.0 Å². The van der Waals surface area contributed by atoms with Gasteiger partial charge in [0.15, 0.2) is 0 Å². The fourth-order valence-corrected chi connectivity index (χ4v) is 4.08. The maximum atomic E-state index is 9.67. The first-order chi connectivity index (χ1) is 9.38. The summed E-state index contributed by atoms with van der Waals surface area (Å²) in [5, 5.41) is 9.67. The van der Waals surface area contributed by atoms with Crippen molar-refractivity contribution in [2.45, 2.75) is 19.3 Å². The third-order valence-electron chi connectivity index (χ3n) is 4.97. The summed E-state index contributed by atoms with van der Waals surface area (Å²) in [6, 6.07) is 0. The lowest BCUT2D eigenvalue weighted by Crippen LogP contribution is -2.41. The molecule has 0 saturated carbocycles. The highest BCUT2D eigenvalue weighted by Crippen LogP contribution is 2.45. The molecule has 1 N–H and O–H groups in total. The van der Waals surface area contributed by atoms with Crippen molar-refractivity contribution in [3.63, 3.8) is 0 Å². The van der Waals surface area contributed by atoms with Crippen molar-refractivity contribution in [1.82, 2.24) is 4.90 Å². The van der Waals surface area contributed by atoms with Gasteiger partial charge in [0.05, 0.1) is 12.3 Å². The van der Waals surface area contributed by atoms with Crippen LogP contribution in [0.4, 0.5) is 0 Å². The molecule has 0 aromatic heterocycles. The van der Waals surface area contributed by atoms with E-state index in [1.807, 2.05) is 0 Å². The van der Waals surface area contributed by atoms with Crippen LogP contribution in [-0.2, 0) is 0 Å². The van der Waals surface area contributed by atoms with Crippen LogP contribution in [0.2, 0.25) is 0 Å². The Hall–Kier alpha value is -1.35. The zero-order chi connectivity index (χ0) is 12.8. The van der Waals surface area contributed by atoms with Crippen LogP contribution >= 0.6 is 0 Å². The van der Waals surface area contributed by atoms with Crippen molar-refractivity contribution >= 4 is 5.71 Å². The van der Waals surface area contributed by atoms with Crippen LogP contribution in [0, 0.1) is 17.8 Å². The van der Waals surface area contributed by atoms with E-state index < -0.39 is 0 Å². The third kappa shape index (κ3) is 1.64. The lowest BCUT2D eigenvalue weighted by atomic mass is 9.79. The summed E-state index contributed by atoms with van der Waals surface area (Å²) in [5.41, 5.74) is 3.86. The molecule has 0 amide bonds. The van der Waals surface area contributed by atoms with Gasteiger partial charge in [-0.2, -0.15) is 0 Å². The highest BCUT2D eigenvalue weighted by Gasteiger charge is 2.41. The average Bonchev–Trinajstić information content (AvgIpc) is 2.85. The molecule has 0 spiro atoms. The van der Waals surface area contributed by atoms with Crippen molar-refractivity contribution in [3.8, 4) is 0 Å². The SMILES string of the molecule is OCC1CCCN2CCC3C(=C12)N=C1C=CC=CC13. The molecule has 1 aliphatic carbocycles. The van der Waals surface area contributed by atoms with Crippen LogP contribution in [0.15, 0.2) is 40.7 Å². The zero-order valence-corrected chi connectivity index (χ0v) is 11.1. The van der Waals surface area contributed by atoms with Gasteiger partial charge in [0.1, 0.15) is 0 Å². The maximum absolute atomic E-state index is 9.67. The number of aliphatic imine (C=N–C) groups is 1. The second kappa shape index (κ2) is 4.34. The summed E-state index contributed by atoms with van der Waals surface area (Å²) in [4.78, 5) is 7.40. The van der Waals surface area contributed by atoms with Gasteiger partial charge in [-0.3, -0.25) is 4.99 Å². The number of hydrogen-bond acceptors (Lipinski definition) is 3. The predicted octanol–water partition coefficient (Wildman–Crippen LogP) is 2.12. The van der Waals surface area contributed by atoms with E-state index in [-0.39, 0.29) is 6.61 Å². The van der Waals surface area contributed by atoms with Gasteiger partial charge in [0.25, 0.3) is 0 Å². The van der Waals surface area contributed by atoms with Gasteiger partial charge in [-0.25, -0.2) is 0 Å². The minimum atomic E-state index is 0.267. The molecule has 3 atom stereocenters. The number of piperidine rings is 1. The van der Waals surface area contributed by atoms with Crippen molar-refractivity contribution in [1.29, 1.82) is 0 Å². The van der Waals surface area contributed by atoms with Gasteiger partial charge in [-0.15, -0.1) is 0 Å². The van der Waals surface area contributed by atoms with E-state index in [1.54, 1.807) is 0 Å². The molecule has 4 aliphatic rings. The molecule has 3 heterocycles. The minimum Gasteiger partial charge on any atom is -0.396 e. The Bertz CT molecular complexity index is 515. The van der Waals surface area contributed by atoms with Crippen LogP contribution in [0.3, 0.4) is 0 Å². The number of rotatable bonds is 1. The molecule has 1 saturated heterocycles. The molecule has 0 aromatic rings. The molecule has 3 aliphatic heterocycles. The number of fused-ring (bicyclic) bond motifs is 4. The molecule has 100 valence electrons. The number of hydrogen-bond donors (Lipinski definition) is 1. The van der Waals surface area contributed by atoms with Crippen LogP contribution in [0.5, 0.6) is 0 Å². The smallest absolute Gasteiger partial charge is 0.0643 e. The van der Waals surface area contributed by atoms with E-state index in [9.17, 15) is 5.11 Å². The first kappa shape index (κ1) is 11.5. The van der Waals surface area contributed by atoms with Crippen molar-refractivity contribution in [2.24, 2.45) is 22.7 Å². The Labute approximate surface area is 114 Å². The van der Waals surface area contributed by atoms with E-state index in [0.29, 0.717) is 17.8 Å². The molecule has 1 fully saturated rings. The molecule has 4 rings (SSSR count). The van der Waals surface area contributed by atoms with Gasteiger partial charge in [0.2, 0.25) is 0 Å². The average molecular weight is 256 g/mol. The Morgan fingerprint density at radius 1 is 1.26 bits per heavy atom. The number of aliphatic hydroxyl groups is 1. The van der Waals surface area contributed by atoms with Crippen molar-refractivity contribution in [3.05, 3.63) is 35.7 Å². The topological polar surface area (TPSA) is 35.8 Å². The minimum absolute atomic E-state index is 0.267. The summed E-state index contributed by atoms with van der Waals surface area (Å²) in [6.07, 6.45) is 12.2. The van der Waals surface area contributed by atoms with Crippen molar-refractivity contribution in [2.75, 3.05) is 19.7 Å². The fourth-order valence-electron chi connectivity index (χ4n) is 4.08. The molecule has 3 unspecified atom stereocenters. The number of aliphatic hydroxyl groups excluding tert-OH is 1. The molecule has 3 nitrogen and oxygen atoms in total. The van der Waals surface area contributed by atoms with E-state index in [2.05, 4.69) is 29.2 Å². The highest BCUT2D eigenvalue weighted by molar-refractivity contribution is 6.02. The molecular formula is C16H20N2O. The van der Waals surface area contributed by atoms with E-state index >= 15 is 0 Å². The van der Waals surface area contributed by atoms with Crippen molar-refractivity contribution < 1.29 is 5.11 Å². The Kier molecular flexibility index (Phi) is 2.62. The normalized spacial score (nSPS) is 35.9. The largest absolute Gasteiger partial charge is 0.396 e.